The Morgan fingerprint density at radius 1 is 1.24 bits per heavy atom. The van der Waals surface area contributed by atoms with Crippen molar-refractivity contribution in [1.29, 1.82) is 0 Å². The topological polar surface area (TPSA) is 46.1 Å². The molecule has 0 aliphatic heterocycles. The third-order valence-electron chi connectivity index (χ3n) is 3.80. The summed E-state index contributed by atoms with van der Waals surface area (Å²) in [4.78, 5) is 12.0. The van der Waals surface area contributed by atoms with Crippen molar-refractivity contribution in [2.45, 2.75) is 19.3 Å². The van der Waals surface area contributed by atoms with E-state index in [0.717, 1.165) is 24.2 Å². The van der Waals surface area contributed by atoms with Crippen LogP contribution in [0.1, 0.15) is 23.2 Å². The Hall–Kier alpha value is -2.49. The number of carbonyl (C=O) groups excluding carboxylic acids is 1. The van der Waals surface area contributed by atoms with Crippen molar-refractivity contribution in [2.75, 3.05) is 0 Å². The molecule has 0 atom stereocenters. The van der Waals surface area contributed by atoms with Crippen LogP contribution in [0.15, 0.2) is 48.7 Å². The van der Waals surface area contributed by atoms with Crippen molar-refractivity contribution >= 4 is 11.6 Å². The second kappa shape index (κ2) is 5.87. The summed E-state index contributed by atoms with van der Waals surface area (Å²) in [7, 11) is 1.94. The lowest BCUT2D eigenvalue weighted by atomic mass is 9.95. The van der Waals surface area contributed by atoms with E-state index in [1.54, 1.807) is 0 Å². The molecule has 21 heavy (non-hydrogen) atoms. The number of nitrogens with zero attached hydrogens (tertiary/aromatic N) is 1. The van der Waals surface area contributed by atoms with Crippen LogP contribution in [0.25, 0.3) is 5.70 Å². The van der Waals surface area contributed by atoms with E-state index in [9.17, 15) is 4.79 Å². The lowest BCUT2D eigenvalue weighted by Crippen LogP contribution is -2.38. The Kier molecular flexibility index (Phi) is 3.77. The predicted molar refractivity (Wildman–Crippen MR) is 83.1 cm³/mol. The Morgan fingerprint density at radius 2 is 2.10 bits per heavy atom. The summed E-state index contributed by atoms with van der Waals surface area (Å²) in [6.07, 6.45) is 6.48. The first-order valence-electron chi connectivity index (χ1n) is 7.17. The minimum atomic E-state index is -0.0410. The number of nitrogens with one attached hydrogen (secondary N) is 2. The summed E-state index contributed by atoms with van der Waals surface area (Å²) in [5.74, 6) is -0.0410. The van der Waals surface area contributed by atoms with Gasteiger partial charge in [-0.2, -0.15) is 0 Å². The molecular formula is C17H19N3O. The van der Waals surface area contributed by atoms with Crippen molar-refractivity contribution < 1.29 is 4.79 Å². The van der Waals surface area contributed by atoms with Gasteiger partial charge in [0.2, 0.25) is 5.91 Å². The van der Waals surface area contributed by atoms with Gasteiger partial charge in [0.1, 0.15) is 0 Å². The van der Waals surface area contributed by atoms with Gasteiger partial charge in [-0.05, 0) is 30.5 Å². The lowest BCUT2D eigenvalue weighted by Gasteiger charge is -2.19. The minimum absolute atomic E-state index is 0.0410. The first-order chi connectivity index (χ1) is 10.2. The number of aryl methyl sites for hydroxylation is 2. The number of hydrogen-bond acceptors (Lipinski definition) is 2. The molecule has 0 unspecified atom stereocenters. The molecule has 0 radical (unpaired) electrons. The van der Waals surface area contributed by atoms with Gasteiger partial charge in [-0.3, -0.25) is 15.6 Å². The molecule has 0 bridgehead atoms. The Morgan fingerprint density at radius 3 is 2.90 bits per heavy atom. The maximum atomic E-state index is 12.0. The van der Waals surface area contributed by atoms with Crippen LogP contribution in [-0.4, -0.2) is 10.5 Å². The normalized spacial score (nSPS) is 13.3. The van der Waals surface area contributed by atoms with Crippen LogP contribution in [0.2, 0.25) is 0 Å². The zero-order valence-electron chi connectivity index (χ0n) is 12.1. The molecule has 1 heterocycles. The maximum Gasteiger partial charge on any atom is 0.244 e. The van der Waals surface area contributed by atoms with Crippen LogP contribution in [-0.2, 0) is 24.7 Å². The number of carbonyl (C=O) groups is 1. The number of hydrazine groups is 1. The molecule has 0 fully saturated rings. The van der Waals surface area contributed by atoms with Crippen molar-refractivity contribution in [2.24, 2.45) is 7.05 Å². The van der Waals surface area contributed by atoms with E-state index >= 15 is 0 Å². The zero-order valence-corrected chi connectivity index (χ0v) is 12.1. The fourth-order valence-corrected chi connectivity index (χ4v) is 2.63. The fraction of sp³-hybridized carbons (Fsp3) is 0.235. The standard InChI is InChI=1S/C17H19N3O/c1-20-11-5-8-14(20)12-17(21)19-18-16-10-4-7-13-6-2-3-9-15(13)16/h2-3,5-6,8-11,18H,4,7,12H2,1H3,(H,19,21). The zero-order chi connectivity index (χ0) is 14.7. The molecule has 1 amide bonds. The predicted octanol–water partition coefficient (Wildman–Crippen LogP) is 2.18. The first kappa shape index (κ1) is 13.5. The number of fused-ring (bicyclic) bond motifs is 1. The average Bonchev–Trinajstić information content (AvgIpc) is 2.90. The SMILES string of the molecule is Cn1cccc1CC(=O)NNC1=CCCc2ccccc21. The van der Waals surface area contributed by atoms with E-state index in [4.69, 9.17) is 0 Å². The fourth-order valence-electron chi connectivity index (χ4n) is 2.63. The number of aromatic nitrogens is 1. The van der Waals surface area contributed by atoms with Crippen LogP contribution in [0.4, 0.5) is 0 Å². The third kappa shape index (κ3) is 2.99. The molecule has 108 valence electrons. The van der Waals surface area contributed by atoms with Crippen molar-refractivity contribution in [3.63, 3.8) is 0 Å². The minimum Gasteiger partial charge on any atom is -0.354 e. The maximum absolute atomic E-state index is 12.0. The smallest absolute Gasteiger partial charge is 0.244 e. The van der Waals surface area contributed by atoms with Gasteiger partial charge in [0.05, 0.1) is 12.1 Å². The van der Waals surface area contributed by atoms with Gasteiger partial charge in [0, 0.05) is 24.5 Å². The Bertz CT molecular complexity index is 685. The van der Waals surface area contributed by atoms with Crippen LogP contribution >= 0.6 is 0 Å². The lowest BCUT2D eigenvalue weighted by molar-refractivity contribution is -0.121. The average molecular weight is 281 g/mol. The van der Waals surface area contributed by atoms with Crippen LogP contribution in [0.5, 0.6) is 0 Å². The molecule has 1 aromatic carbocycles. The second-order valence-electron chi connectivity index (χ2n) is 5.27. The number of rotatable bonds is 4. The molecule has 0 spiro atoms. The van der Waals surface area contributed by atoms with E-state index in [0.29, 0.717) is 6.42 Å². The summed E-state index contributed by atoms with van der Waals surface area (Å²) >= 11 is 0. The van der Waals surface area contributed by atoms with Gasteiger partial charge in [0.25, 0.3) is 0 Å². The van der Waals surface area contributed by atoms with E-state index in [1.807, 2.05) is 36.0 Å². The van der Waals surface area contributed by atoms with Crippen molar-refractivity contribution in [1.82, 2.24) is 15.4 Å². The van der Waals surface area contributed by atoms with Crippen molar-refractivity contribution in [3.8, 4) is 0 Å². The molecule has 1 aliphatic rings. The van der Waals surface area contributed by atoms with E-state index in [-0.39, 0.29) is 5.91 Å². The number of benzene rings is 1. The summed E-state index contributed by atoms with van der Waals surface area (Å²) < 4.78 is 1.95. The van der Waals surface area contributed by atoms with Gasteiger partial charge >= 0.3 is 0 Å². The van der Waals surface area contributed by atoms with Gasteiger partial charge < -0.3 is 4.57 Å². The van der Waals surface area contributed by atoms with Gasteiger partial charge in [0.15, 0.2) is 0 Å². The van der Waals surface area contributed by atoms with Crippen molar-refractivity contribution in [3.05, 3.63) is 65.5 Å². The molecule has 3 rings (SSSR count). The monoisotopic (exact) mass is 281 g/mol. The molecule has 2 aromatic rings. The van der Waals surface area contributed by atoms with Gasteiger partial charge in [-0.25, -0.2) is 0 Å². The summed E-state index contributed by atoms with van der Waals surface area (Å²) in [6, 6.07) is 12.2. The van der Waals surface area contributed by atoms with E-state index < -0.39 is 0 Å². The highest BCUT2D eigenvalue weighted by atomic mass is 16.2. The molecule has 1 aromatic heterocycles. The Labute approximate surface area is 124 Å². The van der Waals surface area contributed by atoms with Crippen LogP contribution in [0, 0.1) is 0 Å². The highest BCUT2D eigenvalue weighted by Gasteiger charge is 2.12. The number of amides is 1. The number of hydrogen-bond donors (Lipinski definition) is 2. The Balaban J connectivity index is 1.62. The molecular weight excluding hydrogens is 262 g/mol. The summed E-state index contributed by atoms with van der Waals surface area (Å²) in [6.45, 7) is 0. The van der Waals surface area contributed by atoms with Crippen LogP contribution < -0.4 is 10.9 Å². The summed E-state index contributed by atoms with van der Waals surface area (Å²) in [5, 5.41) is 0. The largest absolute Gasteiger partial charge is 0.354 e. The molecule has 0 saturated heterocycles. The molecule has 2 N–H and O–H groups in total. The second-order valence-corrected chi connectivity index (χ2v) is 5.27. The van der Waals surface area contributed by atoms with Gasteiger partial charge in [-0.15, -0.1) is 0 Å². The van der Waals surface area contributed by atoms with Gasteiger partial charge in [-0.1, -0.05) is 30.3 Å². The number of allylic oxidation sites excluding steroid dienone is 1. The molecule has 4 nitrogen and oxygen atoms in total. The molecule has 0 saturated carbocycles. The highest BCUT2D eigenvalue weighted by molar-refractivity contribution is 5.79. The van der Waals surface area contributed by atoms with E-state index in [1.165, 1.54) is 11.1 Å². The van der Waals surface area contributed by atoms with Crippen LogP contribution in [0.3, 0.4) is 0 Å². The highest BCUT2D eigenvalue weighted by Crippen LogP contribution is 2.23. The summed E-state index contributed by atoms with van der Waals surface area (Å²) in [5.41, 5.74) is 10.3. The molecule has 4 heteroatoms. The quantitative estimate of drug-likeness (QED) is 0.844. The third-order valence-corrected chi connectivity index (χ3v) is 3.80. The van der Waals surface area contributed by atoms with E-state index in [2.05, 4.69) is 35.1 Å². The molecule has 1 aliphatic carbocycles. The first-order valence-corrected chi connectivity index (χ1v) is 7.17.